The number of carbonyl (C=O) groups excluding carboxylic acids is 4. The maximum Gasteiger partial charge on any atom is 0.552 e. The molecule has 14 heteroatoms. The van der Waals surface area contributed by atoms with Gasteiger partial charge in [-0.25, -0.2) is 0 Å². The van der Waals surface area contributed by atoms with Crippen LogP contribution in [0, 0.1) is 5.92 Å². The van der Waals surface area contributed by atoms with Gasteiger partial charge in [0, 0.05) is 19.1 Å². The van der Waals surface area contributed by atoms with Crippen LogP contribution in [0.15, 0.2) is 18.2 Å². The molecular weight excluding hydrogens is 516 g/mol. The van der Waals surface area contributed by atoms with E-state index in [-0.39, 0.29) is 16.5 Å². The Kier molecular flexibility index (Phi) is 10.1. The number of halogens is 2. The molecule has 2 rings (SSSR count). The summed E-state index contributed by atoms with van der Waals surface area (Å²) < 4.78 is 11.1. The third-order valence-corrected chi connectivity index (χ3v) is 5.86. The first kappa shape index (κ1) is 29.4. The maximum absolute atomic E-state index is 12.7. The van der Waals surface area contributed by atoms with Crippen LogP contribution in [0.1, 0.15) is 43.5 Å². The molecule has 11 nitrogen and oxygen atoms in total. The van der Waals surface area contributed by atoms with E-state index in [1.54, 1.807) is 0 Å². The average Bonchev–Trinajstić information content (AvgIpc) is 3.07. The molecule has 3 N–H and O–H groups in total. The lowest BCUT2D eigenvalue weighted by atomic mass is 9.74. The first-order valence-electron chi connectivity index (χ1n) is 11.1. The van der Waals surface area contributed by atoms with Crippen molar-refractivity contribution in [2.75, 3.05) is 20.6 Å². The van der Waals surface area contributed by atoms with Gasteiger partial charge in [0.15, 0.2) is 5.60 Å². The van der Waals surface area contributed by atoms with Crippen molar-refractivity contribution in [1.29, 1.82) is 0 Å². The van der Waals surface area contributed by atoms with E-state index < -0.39 is 67.7 Å². The number of carboxylic acids is 1. The van der Waals surface area contributed by atoms with Gasteiger partial charge in [0.2, 0.25) is 11.8 Å². The van der Waals surface area contributed by atoms with Crippen molar-refractivity contribution in [2.24, 2.45) is 5.92 Å². The monoisotopic (exact) mass is 543 g/mol. The first-order valence-corrected chi connectivity index (χ1v) is 11.8. The Balaban J connectivity index is 2.14. The molecule has 2 atom stereocenters. The maximum atomic E-state index is 12.7. The van der Waals surface area contributed by atoms with Gasteiger partial charge >= 0.3 is 19.1 Å². The Morgan fingerprint density at radius 2 is 1.83 bits per heavy atom. The minimum absolute atomic E-state index is 0.00958. The van der Waals surface area contributed by atoms with Gasteiger partial charge in [-0.05, 0) is 30.5 Å². The van der Waals surface area contributed by atoms with Crippen molar-refractivity contribution in [2.45, 2.75) is 44.7 Å². The van der Waals surface area contributed by atoms with Crippen LogP contribution in [0.4, 0.5) is 0 Å². The minimum atomic E-state index is -2.03. The molecule has 1 heterocycles. The fourth-order valence-corrected chi connectivity index (χ4v) is 3.92. The van der Waals surface area contributed by atoms with Crippen LogP contribution < -0.4 is 10.6 Å². The quantitative estimate of drug-likeness (QED) is 0.355. The molecule has 0 spiro atoms. The van der Waals surface area contributed by atoms with E-state index in [9.17, 15) is 29.1 Å². The molecule has 0 saturated carbocycles. The molecule has 1 aromatic rings. The van der Waals surface area contributed by atoms with Crippen LogP contribution in [0.5, 0.6) is 0 Å². The summed E-state index contributed by atoms with van der Waals surface area (Å²) in [6.45, 7) is 3.29. The van der Waals surface area contributed by atoms with Gasteiger partial charge in [-0.3, -0.25) is 24.0 Å². The van der Waals surface area contributed by atoms with Crippen molar-refractivity contribution in [3.8, 4) is 0 Å². The molecule has 0 unspecified atom stereocenters. The van der Waals surface area contributed by atoms with Crippen LogP contribution >= 0.6 is 23.2 Å². The number of carboxylic acid groups (broad SMARTS) is 1. The van der Waals surface area contributed by atoms with Gasteiger partial charge in [-0.2, -0.15) is 0 Å². The Labute approximate surface area is 218 Å². The number of aliphatic carboxylic acids is 1. The molecule has 0 aromatic heterocycles. The zero-order chi connectivity index (χ0) is 27.2. The molecule has 0 bridgehead atoms. The highest BCUT2D eigenvalue weighted by atomic mass is 35.5. The Morgan fingerprint density at radius 1 is 1.17 bits per heavy atom. The zero-order valence-electron chi connectivity index (χ0n) is 20.3. The highest BCUT2D eigenvalue weighted by molar-refractivity contribution is 6.51. The molecule has 1 aromatic carbocycles. The first-order chi connectivity index (χ1) is 16.7. The number of nitrogens with zero attached hydrogens (tertiary/aromatic N) is 1. The van der Waals surface area contributed by atoms with E-state index in [1.165, 1.54) is 37.2 Å². The summed E-state index contributed by atoms with van der Waals surface area (Å²) in [4.78, 5) is 62.7. The van der Waals surface area contributed by atoms with Gasteiger partial charge in [0.1, 0.15) is 0 Å². The molecule has 1 fully saturated rings. The predicted molar refractivity (Wildman–Crippen MR) is 131 cm³/mol. The number of hydrogen-bond donors (Lipinski definition) is 3. The van der Waals surface area contributed by atoms with E-state index in [0.717, 1.165) is 0 Å². The van der Waals surface area contributed by atoms with Gasteiger partial charge in [0.25, 0.3) is 5.91 Å². The van der Waals surface area contributed by atoms with Gasteiger partial charge in [-0.15, -0.1) is 0 Å². The molecule has 36 heavy (non-hydrogen) atoms. The van der Waals surface area contributed by atoms with E-state index in [2.05, 4.69) is 10.6 Å². The van der Waals surface area contributed by atoms with Crippen molar-refractivity contribution in [1.82, 2.24) is 15.5 Å². The van der Waals surface area contributed by atoms with E-state index in [1.807, 2.05) is 13.8 Å². The summed E-state index contributed by atoms with van der Waals surface area (Å²) in [5, 5.41) is 14.9. The van der Waals surface area contributed by atoms with Crippen molar-refractivity contribution >= 4 is 60.0 Å². The number of amides is 3. The van der Waals surface area contributed by atoms with E-state index in [0.29, 0.717) is 11.4 Å². The lowest BCUT2D eigenvalue weighted by Crippen LogP contribution is -2.52. The summed E-state index contributed by atoms with van der Waals surface area (Å²) >= 11 is 11.9. The van der Waals surface area contributed by atoms with Crippen LogP contribution in [-0.4, -0.2) is 79.0 Å². The highest BCUT2D eigenvalue weighted by Crippen LogP contribution is 2.33. The van der Waals surface area contributed by atoms with Crippen molar-refractivity contribution < 1.29 is 38.4 Å². The van der Waals surface area contributed by atoms with Crippen LogP contribution in [0.3, 0.4) is 0 Å². The van der Waals surface area contributed by atoms with Crippen molar-refractivity contribution in [3.05, 3.63) is 33.8 Å². The van der Waals surface area contributed by atoms with E-state index >= 15 is 0 Å². The minimum Gasteiger partial charge on any atom is -0.506 e. The summed E-state index contributed by atoms with van der Waals surface area (Å²) in [6, 6.07) is 4.33. The molecule has 0 radical (unpaired) electrons. The molecule has 1 saturated heterocycles. The molecule has 1 aliphatic heterocycles. The Morgan fingerprint density at radius 3 is 2.42 bits per heavy atom. The highest BCUT2D eigenvalue weighted by Gasteiger charge is 2.57. The smallest absolute Gasteiger partial charge is 0.506 e. The predicted octanol–water partition coefficient (Wildman–Crippen LogP) is 1.55. The second-order valence-electron chi connectivity index (χ2n) is 9.03. The van der Waals surface area contributed by atoms with Gasteiger partial charge < -0.3 is 29.9 Å². The fraction of sp³-hybridized carbons (Fsp3) is 0.500. The summed E-state index contributed by atoms with van der Waals surface area (Å²) in [7, 11) is 1.58. The van der Waals surface area contributed by atoms with E-state index in [4.69, 9.17) is 32.5 Å². The van der Waals surface area contributed by atoms with Crippen LogP contribution in [0.25, 0.3) is 0 Å². The SMILES string of the molecule is CC(C)C[C@H](NC(=O)CNC(=O)c1cc(Cl)ccc1Cl)B1OC(=O)[C@@](CC(=O)O)(CC(=O)N(C)C)O1. The zero-order valence-corrected chi connectivity index (χ0v) is 21.8. The van der Waals surface area contributed by atoms with Crippen LogP contribution in [0.2, 0.25) is 10.0 Å². The molecule has 3 amide bonds. The Hall–Kier alpha value is -2.83. The summed E-state index contributed by atoms with van der Waals surface area (Å²) in [5.74, 6) is -4.99. The molecule has 196 valence electrons. The lowest BCUT2D eigenvalue weighted by Gasteiger charge is -2.26. The molecule has 1 aliphatic rings. The third kappa shape index (κ3) is 7.84. The lowest BCUT2D eigenvalue weighted by molar-refractivity contribution is -0.155. The standard InChI is InChI=1S/C22H28BCl2N3O8/c1-12(2)7-16(27-17(29)11-26-20(33)14-8-13(24)5-6-15(14)25)23-35-21(34)22(36-23,10-19(31)32)9-18(30)28(3)4/h5-6,8,12,16H,7,9-11H2,1-4H3,(H,26,33)(H,27,29)(H,31,32)/t16-,22-/m0/s1. The van der Waals surface area contributed by atoms with Gasteiger partial charge in [-0.1, -0.05) is 37.0 Å². The van der Waals surface area contributed by atoms with Crippen LogP contribution in [-0.2, 0) is 28.5 Å². The second kappa shape index (κ2) is 12.4. The second-order valence-corrected chi connectivity index (χ2v) is 9.88. The number of rotatable bonds is 11. The number of benzene rings is 1. The van der Waals surface area contributed by atoms with Gasteiger partial charge in [0.05, 0.1) is 35.9 Å². The summed E-state index contributed by atoms with van der Waals surface area (Å²) in [5.41, 5.74) is -1.94. The Bertz CT molecular complexity index is 1040. The number of nitrogens with one attached hydrogen (secondary N) is 2. The number of carbonyl (C=O) groups is 5. The average molecular weight is 544 g/mol. The topological polar surface area (TPSA) is 151 Å². The summed E-state index contributed by atoms with van der Waals surface area (Å²) in [6.07, 6.45) is -1.04. The third-order valence-electron chi connectivity index (χ3n) is 5.29. The molecule has 0 aliphatic carbocycles. The largest absolute Gasteiger partial charge is 0.552 e. The normalized spacial score (nSPS) is 18.0. The molecular formula is C22H28BCl2N3O8. The fourth-order valence-electron chi connectivity index (χ4n) is 3.54. The van der Waals surface area contributed by atoms with Crippen molar-refractivity contribution in [3.63, 3.8) is 0 Å². The number of hydrogen-bond acceptors (Lipinski definition) is 7.